The van der Waals surface area contributed by atoms with E-state index in [1.54, 1.807) is 6.92 Å². The predicted octanol–water partition coefficient (Wildman–Crippen LogP) is 4.73. The van der Waals surface area contributed by atoms with E-state index in [1.807, 2.05) is 31.3 Å². The smallest absolute Gasteiger partial charge is 0.160 e. The quantitative estimate of drug-likeness (QED) is 0.830. The van der Waals surface area contributed by atoms with Crippen molar-refractivity contribution in [3.63, 3.8) is 0 Å². The lowest BCUT2D eigenvalue weighted by molar-refractivity contribution is 0.101. The van der Waals surface area contributed by atoms with Crippen LogP contribution in [0.2, 0.25) is 0 Å². The van der Waals surface area contributed by atoms with Crippen molar-refractivity contribution in [2.45, 2.75) is 51.5 Å². The number of anilines is 1. The Hall–Kier alpha value is -2.16. The highest BCUT2D eigenvalue weighted by atomic mass is 16.1. The van der Waals surface area contributed by atoms with E-state index in [-0.39, 0.29) is 5.78 Å². The van der Waals surface area contributed by atoms with Gasteiger partial charge in [-0.1, -0.05) is 24.6 Å². The highest BCUT2D eigenvalue weighted by Crippen LogP contribution is 2.34. The van der Waals surface area contributed by atoms with Crippen molar-refractivity contribution < 1.29 is 4.79 Å². The summed E-state index contributed by atoms with van der Waals surface area (Å²) in [7, 11) is 0. The van der Waals surface area contributed by atoms with Crippen molar-refractivity contribution >= 4 is 11.6 Å². The second kappa shape index (κ2) is 6.95. The zero-order valence-corrected chi connectivity index (χ0v) is 13.9. The number of carbonyl (C=O) groups is 1. The van der Waals surface area contributed by atoms with Gasteiger partial charge in [-0.25, -0.2) is 4.98 Å². The molecule has 2 unspecified atom stereocenters. The van der Waals surface area contributed by atoms with Gasteiger partial charge in [0, 0.05) is 17.8 Å². The van der Waals surface area contributed by atoms with Gasteiger partial charge in [-0.05, 0) is 68.4 Å². The summed E-state index contributed by atoms with van der Waals surface area (Å²) in [6, 6.07) is 12.8. The largest absolute Gasteiger partial charge is 0.367 e. The maximum Gasteiger partial charge on any atom is 0.160 e. The van der Waals surface area contributed by atoms with Gasteiger partial charge in [0.25, 0.3) is 0 Å². The van der Waals surface area contributed by atoms with E-state index in [2.05, 4.69) is 28.5 Å². The minimum Gasteiger partial charge on any atom is -0.367 e. The first-order chi connectivity index (χ1) is 11.1. The summed E-state index contributed by atoms with van der Waals surface area (Å²) in [6.07, 6.45) is 6.50. The monoisotopic (exact) mass is 308 g/mol. The second-order valence-electron chi connectivity index (χ2n) is 6.55. The number of ketones is 1. The molecule has 120 valence electrons. The fourth-order valence-electron chi connectivity index (χ4n) is 3.55. The molecule has 0 spiro atoms. The molecule has 0 amide bonds. The van der Waals surface area contributed by atoms with Gasteiger partial charge >= 0.3 is 0 Å². The number of benzene rings is 1. The lowest BCUT2D eigenvalue weighted by atomic mass is 9.80. The number of aromatic nitrogens is 1. The molecule has 0 bridgehead atoms. The summed E-state index contributed by atoms with van der Waals surface area (Å²) < 4.78 is 0. The minimum absolute atomic E-state index is 0.156. The molecule has 23 heavy (non-hydrogen) atoms. The Kier molecular flexibility index (Phi) is 4.75. The molecule has 1 saturated carbocycles. The van der Waals surface area contributed by atoms with Crippen molar-refractivity contribution in [3.05, 3.63) is 59.3 Å². The first-order valence-corrected chi connectivity index (χ1v) is 8.42. The van der Waals surface area contributed by atoms with Gasteiger partial charge in [0.05, 0.1) is 0 Å². The number of pyridine rings is 1. The van der Waals surface area contributed by atoms with E-state index in [0.29, 0.717) is 12.0 Å². The van der Waals surface area contributed by atoms with Crippen LogP contribution >= 0.6 is 0 Å². The summed E-state index contributed by atoms with van der Waals surface area (Å²) in [5.74, 6) is 1.62. The molecule has 1 aliphatic carbocycles. The summed E-state index contributed by atoms with van der Waals surface area (Å²) in [6.45, 7) is 3.66. The van der Waals surface area contributed by atoms with E-state index in [1.165, 1.54) is 24.8 Å². The maximum absolute atomic E-state index is 11.8. The van der Waals surface area contributed by atoms with Crippen molar-refractivity contribution in [1.82, 2.24) is 4.98 Å². The van der Waals surface area contributed by atoms with Crippen LogP contribution in [0, 0.1) is 6.92 Å². The molecule has 0 radical (unpaired) electrons. The van der Waals surface area contributed by atoms with Crippen LogP contribution in [-0.4, -0.2) is 16.8 Å². The average molecular weight is 308 g/mol. The van der Waals surface area contributed by atoms with Crippen LogP contribution in [0.4, 0.5) is 5.82 Å². The van der Waals surface area contributed by atoms with Gasteiger partial charge < -0.3 is 5.32 Å². The highest BCUT2D eigenvalue weighted by molar-refractivity contribution is 5.95. The van der Waals surface area contributed by atoms with E-state index in [4.69, 9.17) is 0 Å². The Labute approximate surface area is 138 Å². The van der Waals surface area contributed by atoms with Crippen LogP contribution in [0.15, 0.2) is 42.6 Å². The van der Waals surface area contributed by atoms with Crippen molar-refractivity contribution in [2.75, 3.05) is 5.32 Å². The molecule has 0 saturated heterocycles. The molecule has 1 heterocycles. The van der Waals surface area contributed by atoms with E-state index >= 15 is 0 Å². The van der Waals surface area contributed by atoms with Crippen LogP contribution in [0.1, 0.15) is 60.0 Å². The fraction of sp³-hybridized carbons (Fsp3) is 0.400. The molecule has 3 rings (SSSR count). The Bertz CT molecular complexity index is 681. The number of Topliss-reactive ketones (excluding diaryl/α,β-unsaturated/α-hetero) is 1. The molecule has 1 aromatic heterocycles. The summed E-state index contributed by atoms with van der Waals surface area (Å²) in [4.78, 5) is 16.1. The van der Waals surface area contributed by atoms with Crippen molar-refractivity contribution in [1.29, 1.82) is 0 Å². The molecule has 1 fully saturated rings. The van der Waals surface area contributed by atoms with Gasteiger partial charge in [0.2, 0.25) is 0 Å². The second-order valence-corrected chi connectivity index (χ2v) is 6.55. The lowest BCUT2D eigenvalue weighted by Crippen LogP contribution is -2.27. The summed E-state index contributed by atoms with van der Waals surface area (Å²) in [5, 5.41) is 3.55. The SMILES string of the molecule is CC(=O)c1cc(C2CCCC(Nc3ccccn3)C2)ccc1C. The number of nitrogens with one attached hydrogen (secondary N) is 1. The number of rotatable bonds is 4. The number of hydrogen-bond acceptors (Lipinski definition) is 3. The third-order valence-electron chi connectivity index (χ3n) is 4.80. The zero-order chi connectivity index (χ0) is 16.2. The Balaban J connectivity index is 1.73. The summed E-state index contributed by atoms with van der Waals surface area (Å²) in [5.41, 5.74) is 3.23. The topological polar surface area (TPSA) is 42.0 Å². The molecule has 1 aliphatic rings. The number of carbonyl (C=O) groups excluding carboxylic acids is 1. The van der Waals surface area contributed by atoms with Gasteiger partial charge in [-0.2, -0.15) is 0 Å². The molecular formula is C20H24N2O. The molecule has 3 heteroatoms. The van der Waals surface area contributed by atoms with E-state index in [0.717, 1.165) is 23.4 Å². The van der Waals surface area contributed by atoms with Gasteiger partial charge in [-0.15, -0.1) is 0 Å². The van der Waals surface area contributed by atoms with Crippen molar-refractivity contribution in [3.8, 4) is 0 Å². The standard InChI is InChI=1S/C20H24N2O/c1-14-9-10-17(13-19(14)15(2)23)16-6-5-7-18(12-16)22-20-8-3-4-11-21-20/h3-4,8-11,13,16,18H,5-7,12H2,1-2H3,(H,21,22). The van der Waals surface area contributed by atoms with Crippen LogP contribution in [0.5, 0.6) is 0 Å². The normalized spacial score (nSPS) is 21.0. The molecule has 2 atom stereocenters. The Morgan fingerprint density at radius 3 is 2.83 bits per heavy atom. The molecule has 3 nitrogen and oxygen atoms in total. The Morgan fingerprint density at radius 2 is 2.09 bits per heavy atom. The van der Waals surface area contributed by atoms with Crippen LogP contribution < -0.4 is 5.32 Å². The zero-order valence-electron chi connectivity index (χ0n) is 13.9. The molecule has 2 aromatic rings. The van der Waals surface area contributed by atoms with Gasteiger partial charge in [-0.3, -0.25) is 4.79 Å². The van der Waals surface area contributed by atoms with Crippen LogP contribution in [0.25, 0.3) is 0 Å². The maximum atomic E-state index is 11.8. The van der Waals surface area contributed by atoms with Gasteiger partial charge in [0.1, 0.15) is 5.82 Å². The van der Waals surface area contributed by atoms with Gasteiger partial charge in [0.15, 0.2) is 5.78 Å². The van der Waals surface area contributed by atoms with E-state index in [9.17, 15) is 4.79 Å². The molecule has 0 aliphatic heterocycles. The van der Waals surface area contributed by atoms with E-state index < -0.39 is 0 Å². The third-order valence-corrected chi connectivity index (χ3v) is 4.80. The predicted molar refractivity (Wildman–Crippen MR) is 94.0 cm³/mol. The van der Waals surface area contributed by atoms with Crippen molar-refractivity contribution in [2.24, 2.45) is 0 Å². The minimum atomic E-state index is 0.156. The fourth-order valence-corrected chi connectivity index (χ4v) is 3.55. The molecule has 1 N–H and O–H groups in total. The number of aryl methyl sites for hydroxylation is 1. The number of hydrogen-bond donors (Lipinski definition) is 1. The summed E-state index contributed by atoms with van der Waals surface area (Å²) >= 11 is 0. The Morgan fingerprint density at radius 1 is 1.22 bits per heavy atom. The van der Waals surface area contributed by atoms with Crippen LogP contribution in [-0.2, 0) is 0 Å². The number of nitrogens with zero attached hydrogens (tertiary/aromatic N) is 1. The molecular weight excluding hydrogens is 284 g/mol. The highest BCUT2D eigenvalue weighted by Gasteiger charge is 2.24. The molecule has 1 aromatic carbocycles. The first kappa shape index (κ1) is 15.7. The van der Waals surface area contributed by atoms with Crippen LogP contribution in [0.3, 0.4) is 0 Å². The third kappa shape index (κ3) is 3.79. The first-order valence-electron chi connectivity index (χ1n) is 8.42. The average Bonchev–Trinajstić information content (AvgIpc) is 2.56. The lowest BCUT2D eigenvalue weighted by Gasteiger charge is -2.30.